The van der Waals surface area contributed by atoms with Crippen LogP contribution in [0.3, 0.4) is 0 Å². The maximum Gasteiger partial charge on any atom is 0.0558 e. The molecule has 0 aromatic rings. The van der Waals surface area contributed by atoms with Crippen LogP contribution in [-0.2, 0) is 0 Å². The first kappa shape index (κ1) is 20.4. The number of hydrogen-bond donors (Lipinski definition) is 1. The predicted molar refractivity (Wildman–Crippen MR) is 94.6 cm³/mol. The van der Waals surface area contributed by atoms with Crippen molar-refractivity contribution >= 4 is 0 Å². The Morgan fingerprint density at radius 1 is 1.00 bits per heavy atom. The van der Waals surface area contributed by atoms with Crippen LogP contribution in [-0.4, -0.2) is 36.8 Å². The van der Waals surface area contributed by atoms with Gasteiger partial charge in [-0.3, -0.25) is 0 Å². The van der Waals surface area contributed by atoms with Crippen LogP contribution in [0.25, 0.3) is 0 Å². The van der Waals surface area contributed by atoms with E-state index in [0.717, 1.165) is 25.4 Å². The van der Waals surface area contributed by atoms with Gasteiger partial charge < -0.3 is 10.0 Å². The average Bonchev–Trinajstić information content (AvgIpc) is 2.38. The molecular formula is C19H37NO. The van der Waals surface area contributed by atoms with Gasteiger partial charge in [0.1, 0.15) is 0 Å². The van der Waals surface area contributed by atoms with Gasteiger partial charge in [0, 0.05) is 13.1 Å². The SMILES string of the molecule is C/C(=C\CCN(C)CCO)CC/C=C(\C)CCCC(C)C. The van der Waals surface area contributed by atoms with Crippen molar-refractivity contribution in [1.29, 1.82) is 0 Å². The van der Waals surface area contributed by atoms with Crippen molar-refractivity contribution in [2.45, 2.75) is 66.2 Å². The lowest BCUT2D eigenvalue weighted by atomic mass is 10.0. The van der Waals surface area contributed by atoms with Gasteiger partial charge in [0.15, 0.2) is 0 Å². The molecule has 0 unspecified atom stereocenters. The molecule has 0 aliphatic heterocycles. The molecule has 0 fully saturated rings. The summed E-state index contributed by atoms with van der Waals surface area (Å²) in [7, 11) is 2.06. The standard InChI is InChI=1S/C19H37NO/c1-17(2)9-6-10-18(3)11-7-12-19(4)13-8-14-20(5)15-16-21/h11,13,17,21H,6-10,12,14-16H2,1-5H3/b18-11+,19-13+. The lowest BCUT2D eigenvalue weighted by molar-refractivity contribution is 0.223. The Kier molecular flexibility index (Phi) is 12.7. The van der Waals surface area contributed by atoms with E-state index in [1.165, 1.54) is 37.7 Å². The minimum absolute atomic E-state index is 0.250. The Morgan fingerprint density at radius 2 is 1.62 bits per heavy atom. The number of likely N-dealkylation sites (N-methyl/N-ethyl adjacent to an activating group) is 1. The van der Waals surface area contributed by atoms with Gasteiger partial charge >= 0.3 is 0 Å². The molecule has 0 bridgehead atoms. The van der Waals surface area contributed by atoms with Gasteiger partial charge in [-0.2, -0.15) is 0 Å². The van der Waals surface area contributed by atoms with Gasteiger partial charge in [0.05, 0.1) is 6.61 Å². The maximum atomic E-state index is 8.84. The molecule has 2 nitrogen and oxygen atoms in total. The Morgan fingerprint density at radius 3 is 2.24 bits per heavy atom. The van der Waals surface area contributed by atoms with E-state index in [0.29, 0.717) is 0 Å². The third kappa shape index (κ3) is 14.1. The smallest absolute Gasteiger partial charge is 0.0558 e. The minimum atomic E-state index is 0.250. The third-order valence-corrected chi connectivity index (χ3v) is 3.87. The summed E-state index contributed by atoms with van der Waals surface area (Å²) in [4.78, 5) is 2.17. The zero-order chi connectivity index (χ0) is 16.1. The molecule has 2 heteroatoms. The van der Waals surface area contributed by atoms with Gasteiger partial charge in [-0.1, -0.05) is 43.6 Å². The van der Waals surface area contributed by atoms with Crippen LogP contribution < -0.4 is 0 Å². The van der Waals surface area contributed by atoms with Crippen molar-refractivity contribution in [2.75, 3.05) is 26.7 Å². The van der Waals surface area contributed by atoms with Gasteiger partial charge in [-0.25, -0.2) is 0 Å². The molecule has 0 aromatic carbocycles. The molecule has 0 spiro atoms. The molecule has 0 aliphatic rings. The van der Waals surface area contributed by atoms with Crippen molar-refractivity contribution in [2.24, 2.45) is 5.92 Å². The molecule has 0 aliphatic carbocycles. The Labute approximate surface area is 132 Å². The number of rotatable bonds is 12. The van der Waals surface area contributed by atoms with Crippen LogP contribution in [0, 0.1) is 5.92 Å². The first-order valence-corrected chi connectivity index (χ1v) is 8.56. The number of aliphatic hydroxyl groups is 1. The van der Waals surface area contributed by atoms with E-state index in [4.69, 9.17) is 5.11 Å². The van der Waals surface area contributed by atoms with Crippen LogP contribution in [0.15, 0.2) is 23.3 Å². The molecule has 0 aromatic heterocycles. The fraction of sp³-hybridized carbons (Fsp3) is 0.789. The molecular weight excluding hydrogens is 258 g/mol. The van der Waals surface area contributed by atoms with Gasteiger partial charge in [-0.05, 0) is 58.9 Å². The first-order chi connectivity index (χ1) is 9.95. The van der Waals surface area contributed by atoms with Crippen LogP contribution in [0.2, 0.25) is 0 Å². The highest BCUT2D eigenvalue weighted by molar-refractivity contribution is 5.03. The van der Waals surface area contributed by atoms with E-state index in [-0.39, 0.29) is 6.61 Å². The van der Waals surface area contributed by atoms with E-state index < -0.39 is 0 Å². The Bertz CT molecular complexity index is 305. The second-order valence-electron chi connectivity index (χ2n) is 6.74. The monoisotopic (exact) mass is 295 g/mol. The molecule has 21 heavy (non-hydrogen) atoms. The molecule has 0 amide bonds. The lowest BCUT2D eigenvalue weighted by Gasteiger charge is -2.13. The average molecular weight is 296 g/mol. The predicted octanol–water partition coefficient (Wildman–Crippen LogP) is 4.80. The quantitative estimate of drug-likeness (QED) is 0.523. The fourth-order valence-corrected chi connectivity index (χ4v) is 2.35. The van der Waals surface area contributed by atoms with E-state index >= 15 is 0 Å². The van der Waals surface area contributed by atoms with E-state index in [2.05, 4.69) is 51.8 Å². The summed E-state index contributed by atoms with van der Waals surface area (Å²) in [6.07, 6.45) is 12.1. The van der Waals surface area contributed by atoms with Gasteiger partial charge in [-0.15, -0.1) is 0 Å². The van der Waals surface area contributed by atoms with Gasteiger partial charge in [0.2, 0.25) is 0 Å². The molecule has 0 atom stereocenters. The number of aliphatic hydroxyl groups excluding tert-OH is 1. The minimum Gasteiger partial charge on any atom is -0.395 e. The molecule has 124 valence electrons. The van der Waals surface area contributed by atoms with Crippen LogP contribution in [0.4, 0.5) is 0 Å². The van der Waals surface area contributed by atoms with Crippen molar-refractivity contribution in [3.8, 4) is 0 Å². The topological polar surface area (TPSA) is 23.5 Å². The summed E-state index contributed by atoms with van der Waals surface area (Å²) in [5, 5.41) is 8.84. The first-order valence-electron chi connectivity index (χ1n) is 8.56. The summed E-state index contributed by atoms with van der Waals surface area (Å²) in [5.41, 5.74) is 3.03. The van der Waals surface area contributed by atoms with E-state index in [1.54, 1.807) is 5.57 Å². The van der Waals surface area contributed by atoms with Crippen LogP contribution >= 0.6 is 0 Å². The van der Waals surface area contributed by atoms with Crippen LogP contribution in [0.1, 0.15) is 66.2 Å². The van der Waals surface area contributed by atoms with Crippen molar-refractivity contribution in [1.82, 2.24) is 4.90 Å². The molecule has 0 saturated heterocycles. The third-order valence-electron chi connectivity index (χ3n) is 3.87. The molecule has 0 rings (SSSR count). The molecule has 0 radical (unpaired) electrons. The molecule has 0 saturated carbocycles. The Hall–Kier alpha value is -0.600. The van der Waals surface area contributed by atoms with E-state index in [1.807, 2.05) is 0 Å². The summed E-state index contributed by atoms with van der Waals surface area (Å²) >= 11 is 0. The highest BCUT2D eigenvalue weighted by Crippen LogP contribution is 2.14. The Balaban J connectivity index is 3.78. The number of nitrogens with zero attached hydrogens (tertiary/aromatic N) is 1. The van der Waals surface area contributed by atoms with Crippen LogP contribution in [0.5, 0.6) is 0 Å². The lowest BCUT2D eigenvalue weighted by Crippen LogP contribution is -2.22. The summed E-state index contributed by atoms with van der Waals surface area (Å²) in [6, 6.07) is 0. The highest BCUT2D eigenvalue weighted by atomic mass is 16.3. The molecule has 1 N–H and O–H groups in total. The zero-order valence-corrected chi connectivity index (χ0v) is 15.0. The number of allylic oxidation sites excluding steroid dienone is 3. The van der Waals surface area contributed by atoms with Crippen molar-refractivity contribution in [3.05, 3.63) is 23.3 Å². The number of hydrogen-bond acceptors (Lipinski definition) is 2. The van der Waals surface area contributed by atoms with Crippen molar-refractivity contribution < 1.29 is 5.11 Å². The van der Waals surface area contributed by atoms with E-state index in [9.17, 15) is 0 Å². The van der Waals surface area contributed by atoms with Gasteiger partial charge in [0.25, 0.3) is 0 Å². The summed E-state index contributed by atoms with van der Waals surface area (Å²) in [6.45, 7) is 11.1. The second-order valence-corrected chi connectivity index (χ2v) is 6.74. The largest absolute Gasteiger partial charge is 0.395 e. The van der Waals surface area contributed by atoms with Crippen molar-refractivity contribution in [3.63, 3.8) is 0 Å². The fourth-order valence-electron chi connectivity index (χ4n) is 2.35. The zero-order valence-electron chi connectivity index (χ0n) is 15.0. The second kappa shape index (κ2) is 13.1. The maximum absolute atomic E-state index is 8.84. The highest BCUT2D eigenvalue weighted by Gasteiger charge is 1.97. The normalized spacial score (nSPS) is 13.5. The molecule has 0 heterocycles. The summed E-state index contributed by atoms with van der Waals surface area (Å²) in [5.74, 6) is 0.826. The summed E-state index contributed by atoms with van der Waals surface area (Å²) < 4.78 is 0.